The lowest BCUT2D eigenvalue weighted by Gasteiger charge is -2.08. The van der Waals surface area contributed by atoms with Crippen LogP contribution in [0.2, 0.25) is 15.1 Å². The van der Waals surface area contributed by atoms with Crippen molar-refractivity contribution in [3.63, 3.8) is 0 Å². The molecule has 2 aromatic carbocycles. The zero-order chi connectivity index (χ0) is 15.9. The molecule has 22 heavy (non-hydrogen) atoms. The Morgan fingerprint density at radius 1 is 0.955 bits per heavy atom. The van der Waals surface area contributed by atoms with E-state index in [4.69, 9.17) is 44.3 Å². The van der Waals surface area contributed by atoms with Gasteiger partial charge in [-0.25, -0.2) is 0 Å². The molecule has 0 amide bonds. The summed E-state index contributed by atoms with van der Waals surface area (Å²) >= 11 is 17.5. The summed E-state index contributed by atoms with van der Waals surface area (Å²) in [5, 5.41) is 1.58. The summed E-state index contributed by atoms with van der Waals surface area (Å²) in [5.41, 5.74) is 0. The highest BCUT2D eigenvalue weighted by molar-refractivity contribution is 6.35. The first kappa shape index (κ1) is 16.9. The lowest BCUT2D eigenvalue weighted by molar-refractivity contribution is -0.134. The molecule has 116 valence electrons. The Kier molecular flexibility index (Phi) is 6.37. The highest BCUT2D eigenvalue weighted by Crippen LogP contribution is 2.27. The van der Waals surface area contributed by atoms with Crippen LogP contribution in [0.3, 0.4) is 0 Å². The van der Waals surface area contributed by atoms with Crippen LogP contribution < -0.4 is 9.47 Å². The number of carbonyl (C=O) groups is 1. The van der Waals surface area contributed by atoms with Crippen molar-refractivity contribution in [3.8, 4) is 11.5 Å². The second-order valence-corrected chi connectivity index (χ2v) is 5.73. The normalized spacial score (nSPS) is 10.3. The molecule has 2 rings (SSSR count). The van der Waals surface area contributed by atoms with Crippen LogP contribution in [-0.4, -0.2) is 12.6 Å². The molecular weight excluding hydrogens is 347 g/mol. The standard InChI is InChI=1S/C16H13Cl3O3/c17-11-3-6-13(7-4-11)22-16(20)2-1-9-21-15-8-5-12(18)10-14(15)19/h3-8,10H,1-2,9H2. The zero-order valence-corrected chi connectivity index (χ0v) is 13.8. The van der Waals surface area contributed by atoms with E-state index >= 15 is 0 Å². The van der Waals surface area contributed by atoms with E-state index in [0.717, 1.165) is 0 Å². The van der Waals surface area contributed by atoms with Gasteiger partial charge in [0.15, 0.2) is 0 Å². The Balaban J connectivity index is 1.72. The van der Waals surface area contributed by atoms with E-state index < -0.39 is 0 Å². The van der Waals surface area contributed by atoms with Crippen molar-refractivity contribution in [3.05, 3.63) is 57.5 Å². The quantitative estimate of drug-likeness (QED) is 0.393. The fraction of sp³-hybridized carbons (Fsp3) is 0.188. The van der Waals surface area contributed by atoms with Crippen LogP contribution in [0, 0.1) is 0 Å². The number of carbonyl (C=O) groups excluding carboxylic acids is 1. The minimum Gasteiger partial charge on any atom is -0.492 e. The van der Waals surface area contributed by atoms with Crippen molar-refractivity contribution in [1.29, 1.82) is 0 Å². The highest BCUT2D eigenvalue weighted by atomic mass is 35.5. The molecule has 0 aromatic heterocycles. The van der Waals surface area contributed by atoms with Crippen molar-refractivity contribution in [2.75, 3.05) is 6.61 Å². The van der Waals surface area contributed by atoms with Crippen LogP contribution in [0.25, 0.3) is 0 Å². The molecule has 0 saturated carbocycles. The zero-order valence-electron chi connectivity index (χ0n) is 11.5. The predicted molar refractivity (Wildman–Crippen MR) is 88.3 cm³/mol. The molecule has 3 nitrogen and oxygen atoms in total. The number of benzene rings is 2. The van der Waals surface area contributed by atoms with Crippen LogP contribution >= 0.6 is 34.8 Å². The summed E-state index contributed by atoms with van der Waals surface area (Å²) in [7, 11) is 0. The van der Waals surface area contributed by atoms with Gasteiger partial charge in [-0.15, -0.1) is 0 Å². The van der Waals surface area contributed by atoms with Crippen molar-refractivity contribution < 1.29 is 14.3 Å². The van der Waals surface area contributed by atoms with Gasteiger partial charge < -0.3 is 9.47 Å². The van der Waals surface area contributed by atoms with Crippen LogP contribution in [0.1, 0.15) is 12.8 Å². The first-order valence-electron chi connectivity index (χ1n) is 6.59. The van der Waals surface area contributed by atoms with Gasteiger partial charge in [0.25, 0.3) is 0 Å². The van der Waals surface area contributed by atoms with Gasteiger partial charge in [0.2, 0.25) is 0 Å². The van der Waals surface area contributed by atoms with Gasteiger partial charge in [0, 0.05) is 16.5 Å². The molecule has 0 atom stereocenters. The largest absolute Gasteiger partial charge is 0.492 e. The summed E-state index contributed by atoms with van der Waals surface area (Å²) in [6, 6.07) is 11.6. The summed E-state index contributed by atoms with van der Waals surface area (Å²) < 4.78 is 10.7. The Morgan fingerprint density at radius 3 is 2.32 bits per heavy atom. The number of rotatable bonds is 6. The van der Waals surface area contributed by atoms with Gasteiger partial charge in [-0.05, 0) is 48.9 Å². The van der Waals surface area contributed by atoms with Gasteiger partial charge >= 0.3 is 5.97 Å². The van der Waals surface area contributed by atoms with Crippen molar-refractivity contribution in [2.45, 2.75) is 12.8 Å². The lowest BCUT2D eigenvalue weighted by atomic mass is 10.3. The van der Waals surface area contributed by atoms with Crippen LogP contribution in [0.5, 0.6) is 11.5 Å². The van der Waals surface area contributed by atoms with Crippen molar-refractivity contribution in [2.24, 2.45) is 0 Å². The van der Waals surface area contributed by atoms with Gasteiger partial charge in [-0.1, -0.05) is 34.8 Å². The Bertz CT molecular complexity index is 642. The molecule has 0 aliphatic heterocycles. The Morgan fingerprint density at radius 2 is 1.64 bits per heavy atom. The molecule has 0 aliphatic rings. The maximum Gasteiger partial charge on any atom is 0.311 e. The van der Waals surface area contributed by atoms with E-state index in [1.807, 2.05) is 0 Å². The molecule has 0 N–H and O–H groups in total. The SMILES string of the molecule is O=C(CCCOc1ccc(Cl)cc1Cl)Oc1ccc(Cl)cc1. The molecule has 0 spiro atoms. The third kappa shape index (κ3) is 5.41. The monoisotopic (exact) mass is 358 g/mol. The minimum absolute atomic E-state index is 0.244. The minimum atomic E-state index is -0.326. The Labute approximate surface area is 143 Å². The predicted octanol–water partition coefficient (Wildman–Crippen LogP) is 5.41. The van der Waals surface area contributed by atoms with E-state index in [1.54, 1.807) is 42.5 Å². The third-order valence-corrected chi connectivity index (χ3v) is 3.50. The molecule has 6 heteroatoms. The fourth-order valence-electron chi connectivity index (χ4n) is 1.68. The first-order valence-corrected chi connectivity index (χ1v) is 7.72. The van der Waals surface area contributed by atoms with Crippen molar-refractivity contribution >= 4 is 40.8 Å². The number of esters is 1. The molecule has 0 fully saturated rings. The summed E-state index contributed by atoms with van der Waals surface area (Å²) in [6.07, 6.45) is 0.763. The van der Waals surface area contributed by atoms with Crippen molar-refractivity contribution in [1.82, 2.24) is 0 Å². The summed E-state index contributed by atoms with van der Waals surface area (Å²) in [5.74, 6) is 0.682. The third-order valence-electron chi connectivity index (χ3n) is 2.72. The molecule has 0 saturated heterocycles. The molecule has 0 bridgehead atoms. The number of ether oxygens (including phenoxy) is 2. The van der Waals surface area contributed by atoms with E-state index in [2.05, 4.69) is 0 Å². The highest BCUT2D eigenvalue weighted by Gasteiger charge is 2.06. The van der Waals surface area contributed by atoms with E-state index in [-0.39, 0.29) is 12.4 Å². The van der Waals surface area contributed by atoms with E-state index in [1.165, 1.54) is 0 Å². The maximum atomic E-state index is 11.7. The first-order chi connectivity index (χ1) is 10.5. The van der Waals surface area contributed by atoms with Crippen LogP contribution in [0.4, 0.5) is 0 Å². The summed E-state index contributed by atoms with van der Waals surface area (Å²) in [4.78, 5) is 11.7. The number of hydrogen-bond donors (Lipinski definition) is 0. The topological polar surface area (TPSA) is 35.5 Å². The molecule has 0 radical (unpaired) electrons. The van der Waals surface area contributed by atoms with Gasteiger partial charge in [-0.3, -0.25) is 4.79 Å². The molecule has 0 unspecified atom stereocenters. The molecule has 0 heterocycles. The van der Waals surface area contributed by atoms with E-state index in [0.29, 0.717) is 39.6 Å². The van der Waals surface area contributed by atoms with E-state index in [9.17, 15) is 4.79 Å². The van der Waals surface area contributed by atoms with Gasteiger partial charge in [0.1, 0.15) is 11.5 Å². The number of halogens is 3. The summed E-state index contributed by atoms with van der Waals surface area (Å²) in [6.45, 7) is 0.358. The van der Waals surface area contributed by atoms with Crippen LogP contribution in [0.15, 0.2) is 42.5 Å². The average molecular weight is 360 g/mol. The van der Waals surface area contributed by atoms with Gasteiger partial charge in [-0.2, -0.15) is 0 Å². The smallest absolute Gasteiger partial charge is 0.311 e. The second kappa shape index (κ2) is 8.28. The number of hydrogen-bond acceptors (Lipinski definition) is 3. The molecule has 2 aromatic rings. The molecular formula is C16H13Cl3O3. The molecule has 0 aliphatic carbocycles. The lowest BCUT2D eigenvalue weighted by Crippen LogP contribution is -2.09. The van der Waals surface area contributed by atoms with Crippen LogP contribution in [-0.2, 0) is 4.79 Å². The average Bonchev–Trinajstić information content (AvgIpc) is 2.48. The van der Waals surface area contributed by atoms with Gasteiger partial charge in [0.05, 0.1) is 11.6 Å². The Hall–Kier alpha value is -1.42. The fourth-order valence-corrected chi connectivity index (χ4v) is 2.27. The maximum absolute atomic E-state index is 11.7. The second-order valence-electron chi connectivity index (χ2n) is 4.45.